The van der Waals surface area contributed by atoms with E-state index in [0.717, 1.165) is 11.3 Å². The van der Waals surface area contributed by atoms with Crippen molar-refractivity contribution in [3.63, 3.8) is 0 Å². The van der Waals surface area contributed by atoms with E-state index in [4.69, 9.17) is 0 Å². The van der Waals surface area contributed by atoms with Crippen LogP contribution in [0.25, 0.3) is 5.69 Å². The Labute approximate surface area is 193 Å². The summed E-state index contributed by atoms with van der Waals surface area (Å²) in [5.74, 6) is 0.591. The number of carbonyl (C=O) groups excluding carboxylic acids is 1. The van der Waals surface area contributed by atoms with E-state index in [0.29, 0.717) is 17.8 Å². The van der Waals surface area contributed by atoms with Crippen LogP contribution in [0.15, 0.2) is 102 Å². The monoisotopic (exact) mass is 460 g/mol. The normalized spacial score (nSPS) is 12.2. The summed E-state index contributed by atoms with van der Waals surface area (Å²) in [6, 6.07) is 24.4. The maximum Gasteiger partial charge on any atom is 0.329 e. The van der Waals surface area contributed by atoms with Crippen LogP contribution < -0.4 is 10.0 Å². The largest absolute Gasteiger partial charge is 0.329 e. The second-order valence-corrected chi connectivity index (χ2v) is 9.23. The lowest BCUT2D eigenvalue weighted by atomic mass is 10.1. The van der Waals surface area contributed by atoms with Crippen molar-refractivity contribution in [2.75, 3.05) is 0 Å². The smallest absolute Gasteiger partial charge is 0.327 e. The summed E-state index contributed by atoms with van der Waals surface area (Å²) < 4.78 is 29.6. The molecule has 8 heteroatoms. The van der Waals surface area contributed by atoms with Gasteiger partial charge in [0, 0.05) is 18.1 Å². The van der Waals surface area contributed by atoms with Crippen LogP contribution in [0.5, 0.6) is 0 Å². The molecule has 33 heavy (non-hydrogen) atoms. The number of amides is 2. The first-order valence-electron chi connectivity index (χ1n) is 10.5. The number of benzene rings is 3. The number of sulfonamides is 1. The van der Waals surface area contributed by atoms with Gasteiger partial charge < -0.3 is 9.88 Å². The number of carbonyl (C=O) groups is 1. The average Bonchev–Trinajstić information content (AvgIpc) is 3.30. The van der Waals surface area contributed by atoms with Crippen LogP contribution in [0.3, 0.4) is 0 Å². The number of nitrogens with one attached hydrogen (secondary N) is 2. The van der Waals surface area contributed by atoms with Crippen LogP contribution in [-0.4, -0.2) is 24.0 Å². The standard InChI is InChI=1S/C25H24N4O3S/c1-19-10-8-9-15-23(19)33(31,32)28-25(30)27-22(18-20-11-4-2-5-12-20)24-26-16-17-29(24)21-13-6-3-7-14-21/h2-17,22H,18H2,1H3,(H2,27,28,30). The van der Waals surface area contributed by atoms with Crippen molar-refractivity contribution in [1.29, 1.82) is 0 Å². The van der Waals surface area contributed by atoms with Crippen molar-refractivity contribution < 1.29 is 13.2 Å². The first-order valence-corrected chi connectivity index (χ1v) is 11.9. The molecule has 0 radical (unpaired) electrons. The highest BCUT2D eigenvalue weighted by atomic mass is 32.2. The number of aromatic nitrogens is 2. The Bertz CT molecular complexity index is 1340. The Morgan fingerprint density at radius 2 is 1.58 bits per heavy atom. The molecule has 2 amide bonds. The van der Waals surface area contributed by atoms with Crippen LogP contribution in [0.1, 0.15) is 23.0 Å². The molecule has 168 valence electrons. The molecule has 3 aromatic carbocycles. The van der Waals surface area contributed by atoms with Gasteiger partial charge in [-0.25, -0.2) is 22.9 Å². The third-order valence-corrected chi connectivity index (χ3v) is 6.70. The fraction of sp³-hybridized carbons (Fsp3) is 0.120. The number of imidazole rings is 1. The third-order valence-electron chi connectivity index (χ3n) is 5.21. The minimum Gasteiger partial charge on any atom is -0.327 e. The fourth-order valence-electron chi connectivity index (χ4n) is 3.66. The zero-order chi connectivity index (χ0) is 23.3. The molecule has 1 unspecified atom stereocenters. The Balaban J connectivity index is 1.62. The quantitative estimate of drug-likeness (QED) is 0.433. The van der Waals surface area contributed by atoms with Crippen LogP contribution in [0.4, 0.5) is 4.79 Å². The van der Waals surface area contributed by atoms with Gasteiger partial charge in [-0.2, -0.15) is 0 Å². The highest BCUT2D eigenvalue weighted by Crippen LogP contribution is 2.21. The van der Waals surface area contributed by atoms with Crippen molar-refractivity contribution in [3.05, 3.63) is 114 Å². The van der Waals surface area contributed by atoms with Gasteiger partial charge in [-0.1, -0.05) is 66.7 Å². The minimum atomic E-state index is -4.03. The first kappa shape index (κ1) is 22.3. The molecule has 0 aliphatic rings. The fourth-order valence-corrected chi connectivity index (χ4v) is 4.82. The van der Waals surface area contributed by atoms with Crippen LogP contribution in [0.2, 0.25) is 0 Å². The molecule has 2 N–H and O–H groups in total. The van der Waals surface area contributed by atoms with Gasteiger partial charge >= 0.3 is 6.03 Å². The Morgan fingerprint density at radius 3 is 2.27 bits per heavy atom. The minimum absolute atomic E-state index is 0.0607. The van der Waals surface area contributed by atoms with E-state index < -0.39 is 22.1 Å². The number of aryl methyl sites for hydroxylation is 1. The van der Waals surface area contributed by atoms with E-state index in [1.165, 1.54) is 6.07 Å². The topological polar surface area (TPSA) is 93.1 Å². The summed E-state index contributed by atoms with van der Waals surface area (Å²) in [5.41, 5.74) is 2.42. The van der Waals surface area contributed by atoms with E-state index in [-0.39, 0.29) is 4.90 Å². The van der Waals surface area contributed by atoms with Crippen LogP contribution in [-0.2, 0) is 16.4 Å². The molecule has 0 saturated carbocycles. The molecule has 4 aromatic rings. The van der Waals surface area contributed by atoms with E-state index >= 15 is 0 Å². The summed E-state index contributed by atoms with van der Waals surface area (Å²) in [6.45, 7) is 1.68. The molecule has 0 bridgehead atoms. The van der Waals surface area contributed by atoms with Crippen molar-refractivity contribution >= 4 is 16.1 Å². The highest BCUT2D eigenvalue weighted by molar-refractivity contribution is 7.90. The van der Waals surface area contributed by atoms with Gasteiger partial charge in [-0.05, 0) is 42.7 Å². The average molecular weight is 461 g/mol. The molecule has 0 aliphatic carbocycles. The SMILES string of the molecule is Cc1ccccc1S(=O)(=O)NC(=O)NC(Cc1ccccc1)c1nccn1-c1ccccc1. The van der Waals surface area contributed by atoms with Crippen molar-refractivity contribution in [2.45, 2.75) is 24.3 Å². The third kappa shape index (κ3) is 5.30. The predicted octanol–water partition coefficient (Wildman–Crippen LogP) is 4.15. The summed E-state index contributed by atoms with van der Waals surface area (Å²) in [4.78, 5) is 17.4. The van der Waals surface area contributed by atoms with Gasteiger partial charge in [0.2, 0.25) is 0 Å². The molecule has 0 fully saturated rings. The molecule has 7 nitrogen and oxygen atoms in total. The van der Waals surface area contributed by atoms with Gasteiger partial charge in [0.25, 0.3) is 10.0 Å². The molecular formula is C25H24N4O3S. The lowest BCUT2D eigenvalue weighted by Crippen LogP contribution is -2.42. The predicted molar refractivity (Wildman–Crippen MR) is 126 cm³/mol. The van der Waals surface area contributed by atoms with Gasteiger partial charge in [-0.15, -0.1) is 0 Å². The summed E-state index contributed by atoms with van der Waals surface area (Å²) >= 11 is 0. The van der Waals surface area contributed by atoms with Gasteiger partial charge in [0.1, 0.15) is 5.82 Å². The highest BCUT2D eigenvalue weighted by Gasteiger charge is 2.24. The number of para-hydroxylation sites is 1. The summed E-state index contributed by atoms with van der Waals surface area (Å²) in [6.07, 6.45) is 3.90. The van der Waals surface area contributed by atoms with Crippen LogP contribution >= 0.6 is 0 Å². The first-order chi connectivity index (χ1) is 15.9. The van der Waals surface area contributed by atoms with Gasteiger partial charge in [0.15, 0.2) is 0 Å². The zero-order valence-corrected chi connectivity index (χ0v) is 18.9. The Hall–Kier alpha value is -3.91. The molecule has 0 spiro atoms. The molecule has 0 saturated heterocycles. The molecule has 1 atom stereocenters. The van der Waals surface area contributed by atoms with Gasteiger partial charge in [0.05, 0.1) is 10.9 Å². The second-order valence-electron chi connectivity index (χ2n) is 7.58. The van der Waals surface area contributed by atoms with E-state index in [1.54, 1.807) is 31.3 Å². The summed E-state index contributed by atoms with van der Waals surface area (Å²) in [5, 5.41) is 2.81. The van der Waals surface area contributed by atoms with Crippen LogP contribution in [0, 0.1) is 6.92 Å². The number of nitrogens with zero attached hydrogens (tertiary/aromatic N) is 2. The van der Waals surface area contributed by atoms with Gasteiger partial charge in [-0.3, -0.25) is 0 Å². The maximum atomic E-state index is 12.8. The molecule has 1 aromatic heterocycles. The number of hydrogen-bond acceptors (Lipinski definition) is 4. The molecular weight excluding hydrogens is 436 g/mol. The van der Waals surface area contributed by atoms with E-state index in [2.05, 4.69) is 15.0 Å². The Morgan fingerprint density at radius 1 is 0.939 bits per heavy atom. The maximum absolute atomic E-state index is 12.8. The van der Waals surface area contributed by atoms with Crippen molar-refractivity contribution in [3.8, 4) is 5.69 Å². The Kier molecular flexibility index (Phi) is 6.55. The zero-order valence-electron chi connectivity index (χ0n) is 18.0. The molecule has 4 rings (SSSR count). The van der Waals surface area contributed by atoms with E-state index in [9.17, 15) is 13.2 Å². The lowest BCUT2D eigenvalue weighted by Gasteiger charge is -2.21. The molecule has 0 aliphatic heterocycles. The number of rotatable bonds is 7. The number of hydrogen-bond donors (Lipinski definition) is 2. The summed E-state index contributed by atoms with van der Waals surface area (Å²) in [7, 11) is -4.03. The van der Waals surface area contributed by atoms with Crippen molar-refractivity contribution in [1.82, 2.24) is 19.6 Å². The van der Waals surface area contributed by atoms with E-state index in [1.807, 2.05) is 71.4 Å². The number of urea groups is 1. The lowest BCUT2D eigenvalue weighted by molar-refractivity contribution is 0.241. The van der Waals surface area contributed by atoms with Crippen molar-refractivity contribution in [2.24, 2.45) is 0 Å². The molecule has 1 heterocycles. The second kappa shape index (κ2) is 9.70.